The molecule has 4 nitrogen and oxygen atoms in total. The summed E-state index contributed by atoms with van der Waals surface area (Å²) in [4.78, 5) is 0.324. The van der Waals surface area contributed by atoms with Crippen LogP contribution >= 0.6 is 12.2 Å². The monoisotopic (exact) mass is 235 g/mol. The van der Waals surface area contributed by atoms with Crippen LogP contribution in [0.3, 0.4) is 0 Å². The second kappa shape index (κ2) is 4.94. The molecule has 0 aliphatic carbocycles. The molecular formula is C11H13N3OS. The number of anilines is 1. The summed E-state index contributed by atoms with van der Waals surface area (Å²) in [6, 6.07) is 8.25. The third-order valence-corrected chi connectivity index (χ3v) is 2.38. The lowest BCUT2D eigenvalue weighted by molar-refractivity contribution is 0.484. The summed E-state index contributed by atoms with van der Waals surface area (Å²) in [5.74, 6) is 0.629. The van der Waals surface area contributed by atoms with Crippen molar-refractivity contribution in [3.63, 3.8) is 0 Å². The van der Waals surface area contributed by atoms with E-state index in [1.54, 1.807) is 0 Å². The lowest BCUT2D eigenvalue weighted by Gasteiger charge is -2.04. The first-order valence-electron chi connectivity index (χ1n) is 5.09. The summed E-state index contributed by atoms with van der Waals surface area (Å²) in [6.07, 6.45) is 0.709. The number of aromatic amines is 1. The number of rotatable bonds is 4. The zero-order valence-corrected chi connectivity index (χ0v) is 9.80. The zero-order valence-electron chi connectivity index (χ0n) is 8.99. The molecule has 2 rings (SSSR count). The lowest BCUT2D eigenvalue weighted by Crippen LogP contribution is -2.04. The number of hydrogen-bond donors (Lipinski definition) is 2. The van der Waals surface area contributed by atoms with Gasteiger partial charge in [0, 0.05) is 18.7 Å². The Labute approximate surface area is 98.7 Å². The fourth-order valence-corrected chi connectivity index (χ4v) is 1.49. The van der Waals surface area contributed by atoms with Gasteiger partial charge in [0.1, 0.15) is 0 Å². The van der Waals surface area contributed by atoms with Crippen LogP contribution in [0.1, 0.15) is 11.5 Å². The van der Waals surface area contributed by atoms with Crippen molar-refractivity contribution in [1.82, 2.24) is 10.2 Å². The number of benzene rings is 1. The van der Waals surface area contributed by atoms with Gasteiger partial charge < -0.3 is 9.73 Å². The van der Waals surface area contributed by atoms with Gasteiger partial charge in [-0.15, -0.1) is 5.10 Å². The van der Waals surface area contributed by atoms with E-state index < -0.39 is 0 Å². The SMILES string of the molecule is Cc1ccc(NCCc2n[nH]c(=S)o2)cc1. The molecule has 0 spiro atoms. The highest BCUT2D eigenvalue weighted by Crippen LogP contribution is 2.08. The van der Waals surface area contributed by atoms with E-state index in [1.165, 1.54) is 5.56 Å². The van der Waals surface area contributed by atoms with Crippen LogP contribution in [0.2, 0.25) is 0 Å². The minimum Gasteiger partial charge on any atom is -0.414 e. The van der Waals surface area contributed by atoms with Gasteiger partial charge in [0.2, 0.25) is 5.89 Å². The molecule has 0 unspecified atom stereocenters. The van der Waals surface area contributed by atoms with Crippen LogP contribution in [-0.2, 0) is 6.42 Å². The molecule has 1 heterocycles. The van der Waals surface area contributed by atoms with E-state index in [1.807, 2.05) is 0 Å². The molecule has 2 N–H and O–H groups in total. The second-order valence-electron chi connectivity index (χ2n) is 3.55. The lowest BCUT2D eigenvalue weighted by atomic mass is 10.2. The highest BCUT2D eigenvalue weighted by Gasteiger charge is 1.98. The van der Waals surface area contributed by atoms with Gasteiger partial charge in [0.05, 0.1) is 0 Å². The summed E-state index contributed by atoms with van der Waals surface area (Å²) < 4.78 is 5.15. The van der Waals surface area contributed by atoms with Crippen molar-refractivity contribution in [1.29, 1.82) is 0 Å². The van der Waals surface area contributed by atoms with E-state index in [2.05, 4.69) is 46.7 Å². The summed E-state index contributed by atoms with van der Waals surface area (Å²) >= 11 is 4.79. The molecule has 16 heavy (non-hydrogen) atoms. The molecule has 0 bridgehead atoms. The number of nitrogens with zero attached hydrogens (tertiary/aromatic N) is 1. The third-order valence-electron chi connectivity index (χ3n) is 2.20. The fourth-order valence-electron chi connectivity index (χ4n) is 1.35. The molecule has 0 saturated heterocycles. The van der Waals surface area contributed by atoms with E-state index in [4.69, 9.17) is 16.6 Å². The van der Waals surface area contributed by atoms with Gasteiger partial charge in [-0.25, -0.2) is 5.10 Å². The first-order chi connectivity index (χ1) is 7.74. The highest BCUT2D eigenvalue weighted by molar-refractivity contribution is 7.71. The Morgan fingerprint density at radius 3 is 2.75 bits per heavy atom. The van der Waals surface area contributed by atoms with Crippen molar-refractivity contribution in [3.8, 4) is 0 Å². The summed E-state index contributed by atoms with van der Waals surface area (Å²) in [5.41, 5.74) is 2.35. The molecule has 0 aliphatic heterocycles. The second-order valence-corrected chi connectivity index (χ2v) is 3.92. The minimum absolute atomic E-state index is 0.324. The predicted molar refractivity (Wildman–Crippen MR) is 65.1 cm³/mol. The molecular weight excluding hydrogens is 222 g/mol. The zero-order chi connectivity index (χ0) is 11.4. The third kappa shape index (κ3) is 2.93. The fraction of sp³-hybridized carbons (Fsp3) is 0.273. The van der Waals surface area contributed by atoms with Crippen molar-refractivity contribution in [2.24, 2.45) is 0 Å². The van der Waals surface area contributed by atoms with Crippen LogP contribution < -0.4 is 5.32 Å². The quantitative estimate of drug-likeness (QED) is 0.800. The maximum atomic E-state index is 5.15. The van der Waals surface area contributed by atoms with Crippen LogP contribution in [0.15, 0.2) is 28.7 Å². The Morgan fingerprint density at radius 1 is 1.38 bits per heavy atom. The summed E-state index contributed by atoms with van der Waals surface area (Å²) in [7, 11) is 0. The molecule has 0 fully saturated rings. The number of nitrogens with one attached hydrogen (secondary N) is 2. The van der Waals surface area contributed by atoms with Gasteiger partial charge in [-0.1, -0.05) is 17.7 Å². The van der Waals surface area contributed by atoms with Gasteiger partial charge in [0.15, 0.2) is 0 Å². The van der Waals surface area contributed by atoms with Crippen molar-refractivity contribution in [3.05, 3.63) is 40.6 Å². The van der Waals surface area contributed by atoms with Gasteiger partial charge in [-0.05, 0) is 31.3 Å². The molecule has 0 radical (unpaired) electrons. The number of aryl methyl sites for hydroxylation is 1. The topological polar surface area (TPSA) is 53.9 Å². The van der Waals surface area contributed by atoms with Crippen molar-refractivity contribution in [2.75, 3.05) is 11.9 Å². The van der Waals surface area contributed by atoms with Crippen LogP contribution in [0.25, 0.3) is 0 Å². The van der Waals surface area contributed by atoms with Crippen LogP contribution in [-0.4, -0.2) is 16.7 Å². The Kier molecular flexibility index (Phi) is 3.36. The van der Waals surface area contributed by atoms with Crippen LogP contribution in [0, 0.1) is 11.8 Å². The van der Waals surface area contributed by atoms with Gasteiger partial charge in [-0.3, -0.25) is 0 Å². The average molecular weight is 235 g/mol. The Balaban J connectivity index is 1.84. The molecule has 84 valence electrons. The van der Waals surface area contributed by atoms with E-state index in [9.17, 15) is 0 Å². The molecule has 2 aromatic rings. The number of aromatic nitrogens is 2. The normalized spacial score (nSPS) is 10.3. The van der Waals surface area contributed by atoms with E-state index in [0.29, 0.717) is 17.1 Å². The van der Waals surface area contributed by atoms with E-state index in [-0.39, 0.29) is 0 Å². The van der Waals surface area contributed by atoms with E-state index in [0.717, 1.165) is 12.2 Å². The first-order valence-corrected chi connectivity index (χ1v) is 5.50. The molecule has 1 aromatic heterocycles. The Hall–Kier alpha value is -1.62. The van der Waals surface area contributed by atoms with Crippen LogP contribution in [0.5, 0.6) is 0 Å². The molecule has 1 aromatic carbocycles. The standard InChI is InChI=1S/C11H13N3OS/c1-8-2-4-9(5-3-8)12-7-6-10-13-14-11(16)15-10/h2-5,12H,6-7H2,1H3,(H,14,16). The Morgan fingerprint density at radius 2 is 2.12 bits per heavy atom. The van der Waals surface area contributed by atoms with Gasteiger partial charge in [-0.2, -0.15) is 0 Å². The van der Waals surface area contributed by atoms with Crippen molar-refractivity contribution >= 4 is 17.9 Å². The average Bonchev–Trinajstić information content (AvgIpc) is 2.67. The molecule has 0 saturated carbocycles. The molecule has 0 atom stereocenters. The summed E-state index contributed by atoms with van der Waals surface area (Å²) in [6.45, 7) is 2.84. The highest BCUT2D eigenvalue weighted by atomic mass is 32.1. The molecule has 0 aliphatic rings. The molecule has 5 heteroatoms. The van der Waals surface area contributed by atoms with Gasteiger partial charge >= 0.3 is 0 Å². The maximum absolute atomic E-state index is 5.15. The largest absolute Gasteiger partial charge is 0.414 e. The smallest absolute Gasteiger partial charge is 0.284 e. The first kappa shape index (κ1) is 10.9. The predicted octanol–water partition coefficient (Wildman–Crippen LogP) is 2.70. The number of H-pyrrole nitrogens is 1. The van der Waals surface area contributed by atoms with Gasteiger partial charge in [0.25, 0.3) is 4.84 Å². The van der Waals surface area contributed by atoms with Crippen molar-refractivity contribution in [2.45, 2.75) is 13.3 Å². The van der Waals surface area contributed by atoms with Crippen molar-refractivity contribution < 1.29 is 4.42 Å². The van der Waals surface area contributed by atoms with Crippen LogP contribution in [0.4, 0.5) is 5.69 Å². The van der Waals surface area contributed by atoms with E-state index >= 15 is 0 Å². The number of hydrogen-bond acceptors (Lipinski definition) is 4. The maximum Gasteiger partial charge on any atom is 0.284 e. The molecule has 0 amide bonds. The summed E-state index contributed by atoms with van der Waals surface area (Å²) in [5, 5.41) is 9.80. The minimum atomic E-state index is 0.324. The Bertz CT molecular complexity index is 500.